The summed E-state index contributed by atoms with van der Waals surface area (Å²) in [6, 6.07) is 8.86. The zero-order chi connectivity index (χ0) is 24.1. The molecule has 0 aliphatic rings. The summed E-state index contributed by atoms with van der Waals surface area (Å²) < 4.78 is 13.3. The lowest BCUT2D eigenvalue weighted by Gasteiger charge is -2.17. The average Bonchev–Trinajstić information content (AvgIpc) is 3.19. The number of methoxy groups -OCH3 is 1. The molecule has 7 nitrogen and oxygen atoms in total. The van der Waals surface area contributed by atoms with Gasteiger partial charge in [0.25, 0.3) is 0 Å². The number of rotatable bonds is 9. The minimum Gasteiger partial charge on any atom is -0.495 e. The zero-order valence-corrected chi connectivity index (χ0v) is 21.4. The molecule has 0 radical (unpaired) electrons. The van der Waals surface area contributed by atoms with E-state index in [-0.39, 0.29) is 17.8 Å². The molecular weight excluding hydrogens is 483 g/mol. The highest BCUT2D eigenvalue weighted by atomic mass is 35.5. The third kappa shape index (κ3) is 6.13. The number of nitrogens with one attached hydrogen (secondary N) is 1. The molecule has 2 aromatic carbocycles. The van der Waals surface area contributed by atoms with Gasteiger partial charge in [0.05, 0.1) is 18.6 Å². The number of aryl methyl sites for hydroxylation is 2. The molecule has 176 valence electrons. The van der Waals surface area contributed by atoms with Gasteiger partial charge in [0.2, 0.25) is 5.91 Å². The van der Waals surface area contributed by atoms with Crippen LogP contribution in [-0.4, -0.2) is 33.5 Å². The molecule has 0 aliphatic carbocycles. The SMILES string of the molecule is CCn1c(SCC(=O)Nc2cc(Cl)ccc2OC)nnc1C(C)Oc1cc(C)c(Cl)c(C)c1. The van der Waals surface area contributed by atoms with Crippen molar-refractivity contribution in [3.8, 4) is 11.5 Å². The minimum atomic E-state index is -0.337. The molecule has 1 amide bonds. The maximum atomic E-state index is 12.5. The number of nitrogens with zero attached hydrogens (tertiary/aromatic N) is 3. The largest absolute Gasteiger partial charge is 0.495 e. The van der Waals surface area contributed by atoms with Crippen molar-refractivity contribution >= 4 is 46.6 Å². The van der Waals surface area contributed by atoms with Gasteiger partial charge in [-0.05, 0) is 69.2 Å². The van der Waals surface area contributed by atoms with Gasteiger partial charge in [-0.25, -0.2) is 0 Å². The maximum Gasteiger partial charge on any atom is 0.234 e. The fourth-order valence-corrected chi connectivity index (χ4v) is 4.42. The van der Waals surface area contributed by atoms with Crippen LogP contribution in [0.4, 0.5) is 5.69 Å². The van der Waals surface area contributed by atoms with E-state index in [9.17, 15) is 4.79 Å². The Hall–Kier alpha value is -2.42. The normalized spacial score (nSPS) is 11.8. The number of benzene rings is 2. The van der Waals surface area contributed by atoms with E-state index in [1.54, 1.807) is 18.2 Å². The van der Waals surface area contributed by atoms with Crippen LogP contribution in [0.5, 0.6) is 11.5 Å². The van der Waals surface area contributed by atoms with Crippen LogP contribution in [-0.2, 0) is 11.3 Å². The third-order valence-electron chi connectivity index (χ3n) is 4.92. The lowest BCUT2D eigenvalue weighted by molar-refractivity contribution is -0.113. The molecule has 1 atom stereocenters. The quantitative estimate of drug-likeness (QED) is 0.351. The van der Waals surface area contributed by atoms with E-state index in [1.165, 1.54) is 18.9 Å². The van der Waals surface area contributed by atoms with Gasteiger partial charge in [-0.1, -0.05) is 35.0 Å². The van der Waals surface area contributed by atoms with E-state index < -0.39 is 0 Å². The first-order valence-electron chi connectivity index (χ1n) is 10.4. The summed E-state index contributed by atoms with van der Waals surface area (Å²) in [7, 11) is 1.54. The number of hydrogen-bond donors (Lipinski definition) is 1. The molecule has 3 aromatic rings. The summed E-state index contributed by atoms with van der Waals surface area (Å²) in [6.45, 7) is 8.44. The van der Waals surface area contributed by atoms with Crippen LogP contribution >= 0.6 is 35.0 Å². The van der Waals surface area contributed by atoms with Crippen molar-refractivity contribution in [3.63, 3.8) is 0 Å². The van der Waals surface area contributed by atoms with E-state index in [1.807, 2.05) is 44.4 Å². The van der Waals surface area contributed by atoms with E-state index in [0.29, 0.717) is 34.0 Å². The van der Waals surface area contributed by atoms with Crippen LogP contribution in [0.3, 0.4) is 0 Å². The van der Waals surface area contributed by atoms with Crippen molar-refractivity contribution in [1.29, 1.82) is 0 Å². The first-order chi connectivity index (χ1) is 15.7. The number of aromatic nitrogens is 3. The lowest BCUT2D eigenvalue weighted by atomic mass is 10.1. The van der Waals surface area contributed by atoms with Gasteiger partial charge in [0, 0.05) is 16.6 Å². The number of carbonyl (C=O) groups is 1. The second kappa shape index (κ2) is 11.1. The van der Waals surface area contributed by atoms with Gasteiger partial charge in [-0.3, -0.25) is 4.79 Å². The molecule has 33 heavy (non-hydrogen) atoms. The Labute approximate surface area is 207 Å². The monoisotopic (exact) mass is 508 g/mol. The standard InChI is InChI=1S/C23H26Cl2N4O3S/c1-6-29-22(15(4)32-17-9-13(2)21(25)14(3)10-17)27-28-23(29)33-12-20(30)26-18-11-16(24)7-8-19(18)31-5/h7-11,15H,6,12H2,1-5H3,(H,26,30). The predicted octanol–water partition coefficient (Wildman–Crippen LogP) is 6.10. The number of amides is 1. The van der Waals surface area contributed by atoms with Crippen LogP contribution < -0.4 is 14.8 Å². The molecule has 10 heteroatoms. The van der Waals surface area contributed by atoms with Gasteiger partial charge in [-0.15, -0.1) is 10.2 Å². The van der Waals surface area contributed by atoms with E-state index in [4.69, 9.17) is 32.7 Å². The molecule has 1 aromatic heterocycles. The number of carbonyl (C=O) groups excluding carboxylic acids is 1. The first kappa shape index (κ1) is 25.2. The van der Waals surface area contributed by atoms with Crippen LogP contribution in [0.1, 0.15) is 36.9 Å². The smallest absolute Gasteiger partial charge is 0.234 e. The molecule has 0 saturated carbocycles. The summed E-state index contributed by atoms with van der Waals surface area (Å²) in [5.74, 6) is 1.89. The van der Waals surface area contributed by atoms with Crippen molar-refractivity contribution in [2.24, 2.45) is 0 Å². The second-order valence-electron chi connectivity index (χ2n) is 7.40. The topological polar surface area (TPSA) is 78.3 Å². The van der Waals surface area contributed by atoms with Gasteiger partial charge >= 0.3 is 0 Å². The van der Waals surface area contributed by atoms with Crippen molar-refractivity contribution < 1.29 is 14.3 Å². The van der Waals surface area contributed by atoms with E-state index in [0.717, 1.165) is 21.9 Å². The Morgan fingerprint density at radius 3 is 2.52 bits per heavy atom. The van der Waals surface area contributed by atoms with Crippen LogP contribution in [0, 0.1) is 13.8 Å². The summed E-state index contributed by atoms with van der Waals surface area (Å²) >= 11 is 13.6. The molecule has 1 N–H and O–H groups in total. The summed E-state index contributed by atoms with van der Waals surface area (Å²) in [5, 5.41) is 13.3. The Morgan fingerprint density at radius 2 is 1.88 bits per heavy atom. The molecule has 0 bridgehead atoms. The predicted molar refractivity (Wildman–Crippen MR) is 133 cm³/mol. The Kier molecular flexibility index (Phi) is 8.51. The zero-order valence-electron chi connectivity index (χ0n) is 19.1. The molecule has 0 aliphatic heterocycles. The number of anilines is 1. The van der Waals surface area contributed by atoms with Gasteiger partial charge in [-0.2, -0.15) is 0 Å². The van der Waals surface area contributed by atoms with Crippen molar-refractivity contribution in [2.75, 3.05) is 18.2 Å². The van der Waals surface area contributed by atoms with Crippen molar-refractivity contribution in [3.05, 3.63) is 57.3 Å². The van der Waals surface area contributed by atoms with Crippen LogP contribution in [0.25, 0.3) is 0 Å². The number of hydrogen-bond acceptors (Lipinski definition) is 6. The molecule has 0 spiro atoms. The van der Waals surface area contributed by atoms with Gasteiger partial charge in [0.15, 0.2) is 17.1 Å². The first-order valence-corrected chi connectivity index (χ1v) is 12.1. The number of ether oxygens (including phenoxy) is 2. The molecule has 0 fully saturated rings. The summed E-state index contributed by atoms with van der Waals surface area (Å²) in [4.78, 5) is 12.5. The molecule has 1 unspecified atom stereocenters. The molecule has 3 rings (SSSR count). The lowest BCUT2D eigenvalue weighted by Crippen LogP contribution is -2.16. The van der Waals surface area contributed by atoms with Crippen molar-refractivity contribution in [2.45, 2.75) is 45.5 Å². The van der Waals surface area contributed by atoms with Crippen LogP contribution in [0.15, 0.2) is 35.5 Å². The van der Waals surface area contributed by atoms with Crippen LogP contribution in [0.2, 0.25) is 10.0 Å². The second-order valence-corrected chi connectivity index (χ2v) is 9.15. The fraction of sp³-hybridized carbons (Fsp3) is 0.348. The van der Waals surface area contributed by atoms with E-state index >= 15 is 0 Å². The number of thioether (sulfide) groups is 1. The Bertz CT molecular complexity index is 1130. The average molecular weight is 509 g/mol. The minimum absolute atomic E-state index is 0.151. The van der Waals surface area contributed by atoms with Gasteiger partial charge < -0.3 is 19.4 Å². The Morgan fingerprint density at radius 1 is 1.18 bits per heavy atom. The number of halogens is 2. The fourth-order valence-electron chi connectivity index (χ4n) is 3.33. The highest BCUT2D eigenvalue weighted by Crippen LogP contribution is 2.30. The third-order valence-corrected chi connectivity index (χ3v) is 6.71. The molecule has 1 heterocycles. The molecular formula is C23H26Cl2N4O3S. The molecule has 0 saturated heterocycles. The Balaban J connectivity index is 1.68. The van der Waals surface area contributed by atoms with E-state index in [2.05, 4.69) is 15.5 Å². The van der Waals surface area contributed by atoms with Gasteiger partial charge in [0.1, 0.15) is 11.5 Å². The maximum absolute atomic E-state index is 12.5. The summed E-state index contributed by atoms with van der Waals surface area (Å²) in [6.07, 6.45) is -0.337. The summed E-state index contributed by atoms with van der Waals surface area (Å²) in [5.41, 5.74) is 2.42. The highest BCUT2D eigenvalue weighted by Gasteiger charge is 2.20. The highest BCUT2D eigenvalue weighted by molar-refractivity contribution is 7.99. The van der Waals surface area contributed by atoms with Crippen molar-refractivity contribution in [1.82, 2.24) is 14.8 Å².